The van der Waals surface area contributed by atoms with Crippen LogP contribution in [0.5, 0.6) is 0 Å². The third-order valence-electron chi connectivity index (χ3n) is 3.30. The van der Waals surface area contributed by atoms with Crippen LogP contribution in [0.2, 0.25) is 5.02 Å². The van der Waals surface area contributed by atoms with Crippen molar-refractivity contribution in [1.29, 1.82) is 0 Å². The van der Waals surface area contributed by atoms with Crippen molar-refractivity contribution < 1.29 is 17.6 Å². The molecule has 0 aromatic heterocycles. The summed E-state index contributed by atoms with van der Waals surface area (Å²) in [7, 11) is -3.32. The Balaban J connectivity index is 2.14. The van der Waals surface area contributed by atoms with Gasteiger partial charge < -0.3 is 0 Å². The first-order chi connectivity index (χ1) is 8.90. The number of carbonyl (C=O) groups is 1. The Morgan fingerprint density at radius 2 is 2.11 bits per heavy atom. The first kappa shape index (κ1) is 14.5. The fraction of sp³-hybridized carbons (Fsp3) is 0.462. The van der Waals surface area contributed by atoms with Crippen molar-refractivity contribution in [2.75, 3.05) is 5.75 Å². The zero-order chi connectivity index (χ0) is 14.0. The molecule has 0 radical (unpaired) electrons. The molecule has 1 fully saturated rings. The van der Waals surface area contributed by atoms with E-state index in [4.69, 9.17) is 11.6 Å². The molecule has 1 aromatic carbocycles. The molecule has 1 unspecified atom stereocenters. The minimum absolute atomic E-state index is 0.0239. The van der Waals surface area contributed by atoms with E-state index in [2.05, 4.69) is 0 Å². The summed E-state index contributed by atoms with van der Waals surface area (Å²) in [6.07, 6.45) is 1.73. The van der Waals surface area contributed by atoms with Crippen LogP contribution >= 0.6 is 11.6 Å². The summed E-state index contributed by atoms with van der Waals surface area (Å²) in [4.78, 5) is 12.1. The van der Waals surface area contributed by atoms with E-state index < -0.39 is 20.9 Å². The second-order valence-electron chi connectivity index (χ2n) is 4.74. The normalized spacial score (nSPS) is 22.1. The molecule has 0 amide bonds. The summed E-state index contributed by atoms with van der Waals surface area (Å²) < 4.78 is 36.7. The Hall–Kier alpha value is -0.940. The monoisotopic (exact) mass is 304 g/mol. The van der Waals surface area contributed by atoms with Crippen molar-refractivity contribution in [3.8, 4) is 0 Å². The van der Waals surface area contributed by atoms with Gasteiger partial charge in [-0.3, -0.25) is 4.79 Å². The second kappa shape index (κ2) is 5.59. The lowest BCUT2D eigenvalue weighted by Crippen LogP contribution is -2.36. The van der Waals surface area contributed by atoms with Crippen LogP contribution < -0.4 is 0 Å². The highest BCUT2D eigenvalue weighted by molar-refractivity contribution is 7.92. The number of halogens is 2. The molecule has 1 aliphatic rings. The molecule has 0 bridgehead atoms. The molecule has 1 atom stereocenters. The van der Waals surface area contributed by atoms with Gasteiger partial charge >= 0.3 is 0 Å². The second-order valence-corrected chi connectivity index (χ2v) is 7.45. The van der Waals surface area contributed by atoms with E-state index >= 15 is 0 Å². The van der Waals surface area contributed by atoms with Gasteiger partial charge in [0.1, 0.15) is 11.1 Å². The number of ketones is 1. The predicted molar refractivity (Wildman–Crippen MR) is 71.5 cm³/mol. The molecule has 3 nitrogen and oxygen atoms in total. The minimum atomic E-state index is -3.32. The lowest BCUT2D eigenvalue weighted by molar-refractivity contribution is -0.118. The first-order valence-electron chi connectivity index (χ1n) is 6.08. The van der Waals surface area contributed by atoms with E-state index in [9.17, 15) is 17.6 Å². The van der Waals surface area contributed by atoms with Crippen LogP contribution in [0.15, 0.2) is 18.2 Å². The molecule has 2 rings (SSSR count). The minimum Gasteiger partial charge on any atom is -0.298 e. The number of hydrogen-bond donors (Lipinski definition) is 0. The molecular formula is C13H14ClFO3S. The Bertz CT molecular complexity index is 598. The summed E-state index contributed by atoms with van der Waals surface area (Å²) >= 11 is 5.63. The fourth-order valence-electron chi connectivity index (χ4n) is 2.28. The standard InChI is InChI=1S/C13H14ClFO3S/c14-10-7-9(4-5-11(10)15)8-12(16)13-3-1-2-6-19(13,17)18/h4-5,7,13H,1-3,6,8H2. The summed E-state index contributed by atoms with van der Waals surface area (Å²) in [5.74, 6) is -0.807. The number of hydrogen-bond acceptors (Lipinski definition) is 3. The Morgan fingerprint density at radius 1 is 1.37 bits per heavy atom. The van der Waals surface area contributed by atoms with Crippen molar-refractivity contribution in [2.24, 2.45) is 0 Å². The van der Waals surface area contributed by atoms with E-state index in [1.54, 1.807) is 0 Å². The third-order valence-corrected chi connectivity index (χ3v) is 5.81. The molecule has 1 heterocycles. The molecule has 1 aromatic rings. The van der Waals surface area contributed by atoms with Crippen LogP contribution in [0.25, 0.3) is 0 Å². The van der Waals surface area contributed by atoms with Gasteiger partial charge in [-0.1, -0.05) is 24.1 Å². The van der Waals surface area contributed by atoms with Gasteiger partial charge in [-0.2, -0.15) is 0 Å². The highest BCUT2D eigenvalue weighted by Crippen LogP contribution is 2.23. The summed E-state index contributed by atoms with van der Waals surface area (Å²) in [5, 5.41) is -0.970. The van der Waals surface area contributed by atoms with Gasteiger partial charge in [0.2, 0.25) is 0 Å². The molecule has 1 aliphatic heterocycles. The van der Waals surface area contributed by atoms with Crippen LogP contribution in [0, 0.1) is 5.82 Å². The number of Topliss-reactive ketones (excluding diaryl/α,β-unsaturated/α-hetero) is 1. The molecular weight excluding hydrogens is 291 g/mol. The van der Waals surface area contributed by atoms with Gasteiger partial charge in [0.25, 0.3) is 0 Å². The molecule has 0 spiro atoms. The van der Waals surface area contributed by atoms with Crippen molar-refractivity contribution in [3.05, 3.63) is 34.6 Å². The third kappa shape index (κ3) is 3.34. The largest absolute Gasteiger partial charge is 0.298 e. The number of rotatable bonds is 3. The average molecular weight is 305 g/mol. The highest BCUT2D eigenvalue weighted by Gasteiger charge is 2.34. The maximum atomic E-state index is 13.0. The van der Waals surface area contributed by atoms with Crippen LogP contribution in [0.4, 0.5) is 4.39 Å². The topological polar surface area (TPSA) is 51.2 Å². The predicted octanol–water partition coefficient (Wildman–Crippen LogP) is 2.56. The van der Waals surface area contributed by atoms with Crippen molar-refractivity contribution in [3.63, 3.8) is 0 Å². The molecule has 1 saturated heterocycles. The van der Waals surface area contributed by atoms with E-state index in [0.29, 0.717) is 18.4 Å². The lowest BCUT2D eigenvalue weighted by Gasteiger charge is -2.21. The van der Waals surface area contributed by atoms with Crippen molar-refractivity contribution >= 4 is 27.2 Å². The molecule has 0 N–H and O–H groups in total. The molecule has 6 heteroatoms. The molecule has 104 valence electrons. The summed E-state index contributed by atoms with van der Waals surface area (Å²) in [5.41, 5.74) is 0.539. The van der Waals surface area contributed by atoms with Crippen LogP contribution in [-0.4, -0.2) is 25.2 Å². The zero-order valence-corrected chi connectivity index (χ0v) is 11.8. The fourth-order valence-corrected chi connectivity index (χ4v) is 4.38. The number of benzene rings is 1. The van der Waals surface area contributed by atoms with E-state index in [1.807, 2.05) is 0 Å². The van der Waals surface area contributed by atoms with Crippen LogP contribution in [0.3, 0.4) is 0 Å². The van der Waals surface area contributed by atoms with E-state index in [1.165, 1.54) is 18.2 Å². The summed E-state index contributed by atoms with van der Waals surface area (Å²) in [6, 6.07) is 4.00. The van der Waals surface area contributed by atoms with Gasteiger partial charge in [0.15, 0.2) is 15.6 Å². The van der Waals surface area contributed by atoms with Crippen molar-refractivity contribution in [1.82, 2.24) is 0 Å². The Labute approximate surface area is 116 Å². The lowest BCUT2D eigenvalue weighted by atomic mass is 10.0. The molecule has 0 saturated carbocycles. The SMILES string of the molecule is O=C(Cc1ccc(F)c(Cl)c1)C1CCCCS1(=O)=O. The highest BCUT2D eigenvalue weighted by atomic mass is 35.5. The van der Waals surface area contributed by atoms with Crippen molar-refractivity contribution in [2.45, 2.75) is 30.9 Å². The maximum absolute atomic E-state index is 13.0. The van der Waals surface area contributed by atoms with Gasteiger partial charge in [-0.05, 0) is 30.5 Å². The maximum Gasteiger partial charge on any atom is 0.160 e. The smallest absolute Gasteiger partial charge is 0.160 e. The van der Waals surface area contributed by atoms with E-state index in [0.717, 1.165) is 6.42 Å². The van der Waals surface area contributed by atoms with Crippen LogP contribution in [-0.2, 0) is 21.1 Å². The molecule has 0 aliphatic carbocycles. The summed E-state index contributed by atoms with van der Waals surface area (Å²) in [6.45, 7) is 0. The molecule has 19 heavy (non-hydrogen) atoms. The van der Waals surface area contributed by atoms with Gasteiger partial charge in [0.05, 0.1) is 10.8 Å². The Morgan fingerprint density at radius 3 is 2.74 bits per heavy atom. The Kier molecular flexibility index (Phi) is 4.26. The first-order valence-corrected chi connectivity index (χ1v) is 8.18. The van der Waals surface area contributed by atoms with Crippen LogP contribution in [0.1, 0.15) is 24.8 Å². The number of sulfone groups is 1. The average Bonchev–Trinajstić information content (AvgIpc) is 2.33. The van der Waals surface area contributed by atoms with Gasteiger partial charge in [0, 0.05) is 6.42 Å². The number of carbonyl (C=O) groups excluding carboxylic acids is 1. The zero-order valence-electron chi connectivity index (χ0n) is 10.2. The van der Waals surface area contributed by atoms with Gasteiger partial charge in [-0.25, -0.2) is 12.8 Å². The quantitative estimate of drug-likeness (QED) is 0.862. The van der Waals surface area contributed by atoms with E-state index in [-0.39, 0.29) is 23.0 Å². The van der Waals surface area contributed by atoms with Gasteiger partial charge in [-0.15, -0.1) is 0 Å².